The van der Waals surface area contributed by atoms with Crippen LogP contribution in [-0.4, -0.2) is 5.91 Å². The maximum atomic E-state index is 13.6. The molecular weight excluding hydrogens is 390 g/mol. The van der Waals surface area contributed by atoms with Crippen molar-refractivity contribution < 1.29 is 31.5 Å². The molecule has 1 heterocycles. The minimum absolute atomic E-state index is 0.0391. The number of para-hydroxylation sites is 1. The summed E-state index contributed by atoms with van der Waals surface area (Å²) in [6.07, 6.45) is 0. The number of ether oxygens (including phenoxy) is 1. The minimum Gasteiger partial charge on any atom is -0.484 e. The zero-order chi connectivity index (χ0) is 19.6. The molecule has 0 aliphatic carbocycles. The summed E-state index contributed by atoms with van der Waals surface area (Å²) in [6, 6.07) is 9.33. The molecule has 0 radical (unpaired) electrons. The molecule has 2 aromatic carbocycles. The zero-order valence-corrected chi connectivity index (χ0v) is 14.1. The second kappa shape index (κ2) is 7.71. The van der Waals surface area contributed by atoms with Gasteiger partial charge in [-0.3, -0.25) is 4.79 Å². The van der Waals surface area contributed by atoms with Crippen molar-refractivity contribution in [2.75, 3.05) is 5.32 Å². The average Bonchev–Trinajstić information content (AvgIpc) is 3.12. The van der Waals surface area contributed by atoms with E-state index in [-0.39, 0.29) is 24.2 Å². The molecule has 1 aromatic heterocycles. The average molecular weight is 400 g/mol. The Bertz CT molecular complexity index is 980. The van der Waals surface area contributed by atoms with Crippen molar-refractivity contribution in [3.05, 3.63) is 82.3 Å². The van der Waals surface area contributed by atoms with Crippen LogP contribution in [0.25, 0.3) is 0 Å². The molecule has 0 atom stereocenters. The molecule has 0 fully saturated rings. The number of amides is 1. The van der Waals surface area contributed by atoms with E-state index in [1.54, 1.807) is 29.6 Å². The van der Waals surface area contributed by atoms with Crippen molar-refractivity contribution in [3.63, 3.8) is 0 Å². The summed E-state index contributed by atoms with van der Waals surface area (Å²) in [7, 11) is 0. The summed E-state index contributed by atoms with van der Waals surface area (Å²) in [4.78, 5) is 12.0. The maximum Gasteiger partial charge on any atom is 0.291 e. The van der Waals surface area contributed by atoms with E-state index in [2.05, 4.69) is 0 Å². The van der Waals surface area contributed by atoms with Crippen molar-refractivity contribution in [1.82, 2.24) is 0 Å². The fraction of sp³-hybridized carbons (Fsp3) is 0.0556. The van der Waals surface area contributed by atoms with Gasteiger partial charge in [0.15, 0.2) is 29.0 Å². The highest BCUT2D eigenvalue weighted by molar-refractivity contribution is 6.32. The predicted octanol–water partition coefficient (Wildman–Crippen LogP) is 5.32. The molecule has 3 rings (SSSR count). The van der Waals surface area contributed by atoms with E-state index in [1.165, 1.54) is 12.1 Å². The number of halogens is 5. The number of hydrogen-bond donors (Lipinski definition) is 1. The lowest BCUT2D eigenvalue weighted by Gasteiger charge is -2.08. The summed E-state index contributed by atoms with van der Waals surface area (Å²) in [5.41, 5.74) is -1.25. The van der Waals surface area contributed by atoms with Crippen LogP contribution in [-0.2, 0) is 6.61 Å². The molecule has 1 amide bonds. The number of benzene rings is 2. The lowest BCUT2D eigenvalue weighted by molar-refractivity contribution is 0.0991. The lowest BCUT2D eigenvalue weighted by Crippen LogP contribution is -2.15. The molecule has 3 aromatic rings. The number of carbonyl (C=O) groups is 1. The molecule has 0 saturated heterocycles. The van der Waals surface area contributed by atoms with Crippen LogP contribution in [0.2, 0.25) is 5.02 Å². The number of furan rings is 1. The van der Waals surface area contributed by atoms with Gasteiger partial charge in [-0.15, -0.1) is 0 Å². The van der Waals surface area contributed by atoms with Crippen molar-refractivity contribution in [1.29, 1.82) is 0 Å². The van der Waals surface area contributed by atoms with Gasteiger partial charge in [0, 0.05) is 6.07 Å². The molecule has 0 aliphatic rings. The third kappa shape index (κ3) is 4.06. The first-order chi connectivity index (χ1) is 12.9. The Hall–Kier alpha value is -3.00. The summed E-state index contributed by atoms with van der Waals surface area (Å²) in [6.45, 7) is -0.0751. The lowest BCUT2D eigenvalue weighted by atomic mass is 10.2. The topological polar surface area (TPSA) is 51.5 Å². The monoisotopic (exact) mass is 399 g/mol. The molecule has 0 saturated carbocycles. The van der Waals surface area contributed by atoms with Gasteiger partial charge in [-0.25, -0.2) is 17.6 Å². The number of nitrogens with one attached hydrogen (secondary N) is 1. The number of carbonyl (C=O) groups excluding carboxylic acids is 1. The highest BCUT2D eigenvalue weighted by Crippen LogP contribution is 2.26. The minimum atomic E-state index is -1.73. The van der Waals surface area contributed by atoms with E-state index in [9.17, 15) is 22.4 Å². The summed E-state index contributed by atoms with van der Waals surface area (Å²) >= 11 is 5.94. The first-order valence-electron chi connectivity index (χ1n) is 7.47. The fourth-order valence-electron chi connectivity index (χ4n) is 2.15. The third-order valence-electron chi connectivity index (χ3n) is 3.44. The van der Waals surface area contributed by atoms with Gasteiger partial charge in [0.05, 0.1) is 5.02 Å². The smallest absolute Gasteiger partial charge is 0.291 e. The quantitative estimate of drug-likeness (QED) is 0.466. The van der Waals surface area contributed by atoms with Crippen LogP contribution >= 0.6 is 11.6 Å². The Balaban J connectivity index is 1.72. The van der Waals surface area contributed by atoms with E-state index in [1.807, 2.05) is 0 Å². The van der Waals surface area contributed by atoms with E-state index in [0.717, 1.165) is 0 Å². The highest BCUT2D eigenvalue weighted by atomic mass is 35.5. The van der Waals surface area contributed by atoms with Crippen molar-refractivity contribution >= 4 is 23.2 Å². The third-order valence-corrected chi connectivity index (χ3v) is 3.75. The largest absolute Gasteiger partial charge is 0.484 e. The van der Waals surface area contributed by atoms with Crippen molar-refractivity contribution in [3.8, 4) is 5.75 Å². The van der Waals surface area contributed by atoms with Gasteiger partial charge in [0.1, 0.15) is 23.8 Å². The first-order valence-corrected chi connectivity index (χ1v) is 7.85. The standard InChI is InChI=1S/C18H10ClF4NO3/c19-10-3-1-2-4-13(10)26-8-9-5-6-14(27-9)18(25)24-17-15(22)11(20)7-12(21)16(17)23/h1-7H,8H2,(H,24,25). The molecular formula is C18H10ClF4NO3. The van der Waals surface area contributed by atoms with Crippen LogP contribution < -0.4 is 10.1 Å². The zero-order valence-electron chi connectivity index (χ0n) is 13.4. The van der Waals surface area contributed by atoms with Gasteiger partial charge in [-0.1, -0.05) is 23.7 Å². The van der Waals surface area contributed by atoms with Gasteiger partial charge < -0.3 is 14.5 Å². The van der Waals surface area contributed by atoms with Gasteiger partial charge in [-0.2, -0.15) is 0 Å². The Morgan fingerprint density at radius 2 is 1.70 bits per heavy atom. The molecule has 1 N–H and O–H groups in total. The normalized spacial score (nSPS) is 10.7. The van der Waals surface area contributed by atoms with E-state index >= 15 is 0 Å². The predicted molar refractivity (Wildman–Crippen MR) is 88.7 cm³/mol. The summed E-state index contributed by atoms with van der Waals surface area (Å²) < 4.78 is 64.2. The van der Waals surface area contributed by atoms with E-state index in [0.29, 0.717) is 10.8 Å². The van der Waals surface area contributed by atoms with Crippen molar-refractivity contribution in [2.45, 2.75) is 6.61 Å². The van der Waals surface area contributed by atoms with Crippen LogP contribution in [0.3, 0.4) is 0 Å². The second-order valence-electron chi connectivity index (χ2n) is 5.28. The van der Waals surface area contributed by atoms with Crippen LogP contribution in [0.4, 0.5) is 23.2 Å². The highest BCUT2D eigenvalue weighted by Gasteiger charge is 2.22. The number of anilines is 1. The SMILES string of the molecule is O=C(Nc1c(F)c(F)cc(F)c1F)c1ccc(COc2ccccc2Cl)o1. The van der Waals surface area contributed by atoms with Crippen LogP contribution in [0.15, 0.2) is 46.9 Å². The molecule has 0 unspecified atom stereocenters. The molecule has 0 bridgehead atoms. The maximum absolute atomic E-state index is 13.6. The van der Waals surface area contributed by atoms with Crippen molar-refractivity contribution in [2.24, 2.45) is 0 Å². The summed E-state index contributed by atoms with van der Waals surface area (Å²) in [5.74, 6) is -7.56. The second-order valence-corrected chi connectivity index (χ2v) is 5.69. The number of rotatable bonds is 5. The van der Waals surface area contributed by atoms with Crippen LogP contribution in [0.1, 0.15) is 16.3 Å². The number of hydrogen-bond acceptors (Lipinski definition) is 3. The van der Waals surface area contributed by atoms with Gasteiger partial charge in [0.2, 0.25) is 0 Å². The molecule has 0 spiro atoms. The Morgan fingerprint density at radius 1 is 1.04 bits per heavy atom. The van der Waals surface area contributed by atoms with Gasteiger partial charge in [-0.05, 0) is 24.3 Å². The molecule has 140 valence electrons. The van der Waals surface area contributed by atoms with Crippen LogP contribution in [0, 0.1) is 23.3 Å². The Labute approximate surface area is 155 Å². The Morgan fingerprint density at radius 3 is 2.37 bits per heavy atom. The van der Waals surface area contributed by atoms with Gasteiger partial charge in [0.25, 0.3) is 5.91 Å². The first kappa shape index (κ1) is 18.8. The van der Waals surface area contributed by atoms with E-state index in [4.69, 9.17) is 20.8 Å². The van der Waals surface area contributed by atoms with E-state index < -0.39 is 34.9 Å². The fourth-order valence-corrected chi connectivity index (χ4v) is 2.34. The molecule has 27 heavy (non-hydrogen) atoms. The summed E-state index contributed by atoms with van der Waals surface area (Å²) in [5, 5.41) is 2.12. The molecule has 4 nitrogen and oxygen atoms in total. The molecule has 0 aliphatic heterocycles. The Kier molecular flexibility index (Phi) is 5.36. The molecule has 9 heteroatoms. The van der Waals surface area contributed by atoms with Gasteiger partial charge >= 0.3 is 0 Å². The van der Waals surface area contributed by atoms with Crippen LogP contribution in [0.5, 0.6) is 5.75 Å².